The maximum absolute atomic E-state index is 11.4. The molecule has 0 saturated carbocycles. The van der Waals surface area contributed by atoms with Crippen molar-refractivity contribution in [1.29, 1.82) is 0 Å². The monoisotopic (exact) mass is 260 g/mol. The Labute approximate surface area is 112 Å². The number of nitrogens with one attached hydrogen (secondary N) is 1. The van der Waals surface area contributed by atoms with Crippen molar-refractivity contribution in [1.82, 2.24) is 0 Å². The van der Waals surface area contributed by atoms with Gasteiger partial charge in [0.25, 0.3) is 0 Å². The van der Waals surface area contributed by atoms with Crippen molar-refractivity contribution in [2.45, 2.75) is 39.3 Å². The van der Waals surface area contributed by atoms with Crippen LogP contribution in [0.25, 0.3) is 11.0 Å². The third-order valence-corrected chi connectivity index (χ3v) is 3.17. The molecule has 0 spiro atoms. The van der Waals surface area contributed by atoms with Gasteiger partial charge in [-0.2, -0.15) is 0 Å². The summed E-state index contributed by atoms with van der Waals surface area (Å²) in [4.78, 5) is 11.4. The molecule has 2 rings (SSSR count). The Kier molecular flexibility index (Phi) is 4.22. The van der Waals surface area contributed by atoms with Crippen LogP contribution in [-0.4, -0.2) is 6.17 Å². The van der Waals surface area contributed by atoms with Gasteiger partial charge in [0, 0.05) is 23.2 Å². The highest BCUT2D eigenvalue weighted by Gasteiger charge is 2.05. The van der Waals surface area contributed by atoms with E-state index >= 15 is 0 Å². The van der Waals surface area contributed by atoms with Gasteiger partial charge < -0.3 is 15.5 Å². The van der Waals surface area contributed by atoms with E-state index < -0.39 is 0 Å². The van der Waals surface area contributed by atoms with Crippen molar-refractivity contribution in [2.75, 3.05) is 5.32 Å². The van der Waals surface area contributed by atoms with Crippen LogP contribution < -0.4 is 16.7 Å². The van der Waals surface area contributed by atoms with Gasteiger partial charge in [0.1, 0.15) is 5.58 Å². The molecule has 0 aliphatic rings. The molecule has 4 heteroatoms. The largest absolute Gasteiger partial charge is 0.423 e. The quantitative estimate of drug-likeness (QED) is 0.640. The summed E-state index contributed by atoms with van der Waals surface area (Å²) in [7, 11) is 0. The summed E-state index contributed by atoms with van der Waals surface area (Å²) in [5.41, 5.74) is 8.07. The molecule has 1 aromatic carbocycles. The standard InChI is InChI=1S/C15H20N2O2/c1-3-4-5-14(16)17-11-6-7-12-10(2)8-15(18)19-13(12)9-11/h6-9,14,17H,3-5,16H2,1-2H3. The van der Waals surface area contributed by atoms with Gasteiger partial charge >= 0.3 is 5.63 Å². The Hall–Kier alpha value is -1.81. The second-order valence-electron chi connectivity index (χ2n) is 4.85. The molecule has 3 N–H and O–H groups in total. The summed E-state index contributed by atoms with van der Waals surface area (Å²) in [6.07, 6.45) is 3.07. The van der Waals surface area contributed by atoms with E-state index in [2.05, 4.69) is 12.2 Å². The molecule has 0 fully saturated rings. The zero-order chi connectivity index (χ0) is 13.8. The number of benzene rings is 1. The first-order valence-electron chi connectivity index (χ1n) is 6.67. The first-order valence-corrected chi connectivity index (χ1v) is 6.67. The molecule has 4 nitrogen and oxygen atoms in total. The van der Waals surface area contributed by atoms with Gasteiger partial charge in [-0.05, 0) is 31.0 Å². The highest BCUT2D eigenvalue weighted by molar-refractivity contribution is 5.83. The maximum atomic E-state index is 11.4. The number of hydrogen-bond donors (Lipinski definition) is 2. The third-order valence-electron chi connectivity index (χ3n) is 3.17. The van der Waals surface area contributed by atoms with Crippen LogP contribution in [0.3, 0.4) is 0 Å². The molecule has 102 valence electrons. The van der Waals surface area contributed by atoms with Crippen LogP contribution in [0.4, 0.5) is 5.69 Å². The zero-order valence-electron chi connectivity index (χ0n) is 11.4. The van der Waals surface area contributed by atoms with Crippen molar-refractivity contribution in [3.63, 3.8) is 0 Å². The first-order chi connectivity index (χ1) is 9.10. The van der Waals surface area contributed by atoms with E-state index in [4.69, 9.17) is 10.2 Å². The molecule has 0 amide bonds. The fourth-order valence-corrected chi connectivity index (χ4v) is 2.12. The van der Waals surface area contributed by atoms with Crippen LogP contribution in [-0.2, 0) is 0 Å². The number of unbranched alkanes of at least 4 members (excludes halogenated alkanes) is 1. The Bertz CT molecular complexity index is 619. The number of nitrogens with two attached hydrogens (primary N) is 1. The second kappa shape index (κ2) is 5.89. The van der Waals surface area contributed by atoms with Crippen molar-refractivity contribution in [3.8, 4) is 0 Å². The zero-order valence-corrected chi connectivity index (χ0v) is 11.4. The van der Waals surface area contributed by atoms with Gasteiger partial charge in [-0.25, -0.2) is 4.79 Å². The van der Waals surface area contributed by atoms with Crippen LogP contribution in [0.5, 0.6) is 0 Å². The van der Waals surface area contributed by atoms with Crippen LogP contribution in [0.1, 0.15) is 31.7 Å². The van der Waals surface area contributed by atoms with Crippen LogP contribution in [0.2, 0.25) is 0 Å². The molecule has 0 bridgehead atoms. The molecule has 1 aromatic heterocycles. The minimum atomic E-state index is -0.322. The van der Waals surface area contributed by atoms with E-state index in [0.717, 1.165) is 35.9 Å². The molecular formula is C15H20N2O2. The molecule has 0 radical (unpaired) electrons. The SMILES string of the molecule is CCCCC(N)Nc1ccc2c(C)cc(=O)oc2c1. The lowest BCUT2D eigenvalue weighted by Crippen LogP contribution is -2.29. The Morgan fingerprint density at radius 2 is 2.16 bits per heavy atom. The molecule has 19 heavy (non-hydrogen) atoms. The Balaban J connectivity index is 2.24. The maximum Gasteiger partial charge on any atom is 0.336 e. The van der Waals surface area contributed by atoms with Crippen LogP contribution in [0, 0.1) is 6.92 Å². The minimum absolute atomic E-state index is 0.0751. The van der Waals surface area contributed by atoms with Crippen LogP contribution >= 0.6 is 0 Å². The van der Waals surface area contributed by atoms with Crippen molar-refractivity contribution < 1.29 is 4.42 Å². The predicted molar refractivity (Wildman–Crippen MR) is 78.3 cm³/mol. The molecule has 0 aliphatic carbocycles. The third kappa shape index (κ3) is 3.35. The summed E-state index contributed by atoms with van der Waals surface area (Å²) in [5, 5.41) is 4.17. The number of rotatable bonds is 5. The van der Waals surface area contributed by atoms with E-state index in [0.29, 0.717) is 5.58 Å². The van der Waals surface area contributed by atoms with Gasteiger partial charge in [-0.15, -0.1) is 0 Å². The molecule has 1 heterocycles. The highest BCUT2D eigenvalue weighted by Crippen LogP contribution is 2.21. The van der Waals surface area contributed by atoms with Gasteiger partial charge in [0.05, 0.1) is 6.17 Å². The number of fused-ring (bicyclic) bond motifs is 1. The smallest absolute Gasteiger partial charge is 0.336 e. The topological polar surface area (TPSA) is 68.3 Å². The van der Waals surface area contributed by atoms with E-state index in [-0.39, 0.29) is 11.8 Å². The van der Waals surface area contributed by atoms with Gasteiger partial charge in [0.15, 0.2) is 0 Å². The molecule has 1 atom stereocenters. The number of aryl methyl sites for hydroxylation is 1. The van der Waals surface area contributed by atoms with Crippen molar-refractivity contribution in [3.05, 3.63) is 40.2 Å². The van der Waals surface area contributed by atoms with Crippen LogP contribution in [0.15, 0.2) is 33.5 Å². The summed E-state index contributed by atoms with van der Waals surface area (Å²) in [5.74, 6) is 0. The molecule has 2 aromatic rings. The van der Waals surface area contributed by atoms with E-state index in [1.54, 1.807) is 0 Å². The van der Waals surface area contributed by atoms with Crippen molar-refractivity contribution >= 4 is 16.7 Å². The number of anilines is 1. The van der Waals surface area contributed by atoms with Gasteiger partial charge in [0.2, 0.25) is 0 Å². The molecule has 0 aliphatic heterocycles. The number of hydrogen-bond acceptors (Lipinski definition) is 4. The van der Waals surface area contributed by atoms with Gasteiger partial charge in [-0.3, -0.25) is 0 Å². The van der Waals surface area contributed by atoms with E-state index in [1.165, 1.54) is 6.07 Å². The first kappa shape index (κ1) is 13.6. The lowest BCUT2D eigenvalue weighted by Gasteiger charge is -2.15. The molecule has 0 saturated heterocycles. The highest BCUT2D eigenvalue weighted by atomic mass is 16.4. The lowest BCUT2D eigenvalue weighted by molar-refractivity contribution is 0.560. The summed E-state index contributed by atoms with van der Waals surface area (Å²) in [6, 6.07) is 7.24. The van der Waals surface area contributed by atoms with Gasteiger partial charge in [-0.1, -0.05) is 19.8 Å². The predicted octanol–water partition coefficient (Wildman–Crippen LogP) is 2.99. The van der Waals surface area contributed by atoms with Crippen molar-refractivity contribution in [2.24, 2.45) is 5.73 Å². The second-order valence-corrected chi connectivity index (χ2v) is 4.85. The average molecular weight is 260 g/mol. The fraction of sp³-hybridized carbons (Fsp3) is 0.400. The lowest BCUT2D eigenvalue weighted by atomic mass is 10.1. The Morgan fingerprint density at radius 3 is 2.89 bits per heavy atom. The molecular weight excluding hydrogens is 240 g/mol. The summed E-state index contributed by atoms with van der Waals surface area (Å²) < 4.78 is 5.21. The fourth-order valence-electron chi connectivity index (χ4n) is 2.12. The average Bonchev–Trinajstić information content (AvgIpc) is 2.35. The summed E-state index contributed by atoms with van der Waals surface area (Å²) in [6.45, 7) is 4.04. The van der Waals surface area contributed by atoms with E-state index in [1.807, 2.05) is 25.1 Å². The van der Waals surface area contributed by atoms with E-state index in [9.17, 15) is 4.79 Å². The normalized spacial score (nSPS) is 12.6. The minimum Gasteiger partial charge on any atom is -0.423 e. The summed E-state index contributed by atoms with van der Waals surface area (Å²) >= 11 is 0. The molecule has 1 unspecified atom stereocenters. The Morgan fingerprint density at radius 1 is 1.37 bits per heavy atom.